The second kappa shape index (κ2) is 9.50. The van der Waals surface area contributed by atoms with Crippen molar-refractivity contribution in [3.8, 4) is 0 Å². The van der Waals surface area contributed by atoms with Gasteiger partial charge in [0, 0.05) is 43.5 Å². The van der Waals surface area contributed by atoms with Gasteiger partial charge in [-0.1, -0.05) is 30.3 Å². The molecule has 1 amide bonds. The van der Waals surface area contributed by atoms with E-state index in [-0.39, 0.29) is 17.2 Å². The molecule has 0 spiro atoms. The molecule has 0 aromatic heterocycles. The van der Waals surface area contributed by atoms with Gasteiger partial charge in [0.15, 0.2) is 0 Å². The maximum Gasteiger partial charge on any atom is 0.341 e. The Morgan fingerprint density at radius 3 is 2.32 bits per heavy atom. The highest BCUT2D eigenvalue weighted by atomic mass is 16.6. The number of nitro benzene ring substituents is 1. The van der Waals surface area contributed by atoms with E-state index in [0.29, 0.717) is 24.3 Å². The number of hydrogen-bond donors (Lipinski definition) is 1. The summed E-state index contributed by atoms with van der Waals surface area (Å²) in [5, 5.41) is 13.9. The van der Waals surface area contributed by atoms with Crippen LogP contribution in [0.2, 0.25) is 0 Å². The lowest BCUT2D eigenvalue weighted by molar-refractivity contribution is -0.384. The lowest BCUT2D eigenvalue weighted by atomic mass is 10.1. The molecule has 1 N–H and O–H groups in total. The molecule has 2 aromatic rings. The Bertz CT molecular complexity index is 850. The summed E-state index contributed by atoms with van der Waals surface area (Å²) in [5.74, 6) is -1.16. The van der Waals surface area contributed by atoms with Crippen molar-refractivity contribution in [2.75, 3.05) is 25.5 Å². The Morgan fingerprint density at radius 2 is 1.79 bits per heavy atom. The van der Waals surface area contributed by atoms with Crippen molar-refractivity contribution in [2.45, 2.75) is 20.0 Å². The summed E-state index contributed by atoms with van der Waals surface area (Å²) in [6.45, 7) is 4.61. The van der Waals surface area contributed by atoms with Gasteiger partial charge in [-0.2, -0.15) is 0 Å². The van der Waals surface area contributed by atoms with E-state index in [1.54, 1.807) is 42.3 Å². The number of nitrogens with zero attached hydrogens (tertiary/aromatic N) is 2. The molecule has 2 rings (SSSR count). The van der Waals surface area contributed by atoms with Crippen LogP contribution in [0.4, 0.5) is 11.4 Å². The van der Waals surface area contributed by atoms with Gasteiger partial charge in [-0.05, 0) is 19.9 Å². The molecule has 0 aliphatic rings. The third-order valence-electron chi connectivity index (χ3n) is 4.33. The highest BCUT2D eigenvalue weighted by molar-refractivity contribution is 5.98. The van der Waals surface area contributed by atoms with Crippen molar-refractivity contribution in [2.24, 2.45) is 0 Å². The van der Waals surface area contributed by atoms with Crippen LogP contribution in [0.3, 0.4) is 0 Å². The van der Waals surface area contributed by atoms with Crippen LogP contribution in [0, 0.1) is 10.1 Å². The van der Waals surface area contributed by atoms with E-state index < -0.39 is 17.0 Å². The van der Waals surface area contributed by atoms with Gasteiger partial charge in [0.05, 0.1) is 10.5 Å². The standard InChI is InChI=1S/C20H23N3O5/c1-4-22(5-2)19(24)18(14-9-7-6-8-10-14)28-20(25)16-13-15(23(26)27)11-12-17(16)21-3/h6-13,18,21H,4-5H2,1-3H3/t18-/m0/s1. The van der Waals surface area contributed by atoms with E-state index >= 15 is 0 Å². The minimum atomic E-state index is -1.14. The molecule has 8 heteroatoms. The molecule has 8 nitrogen and oxygen atoms in total. The molecule has 28 heavy (non-hydrogen) atoms. The van der Waals surface area contributed by atoms with E-state index in [0.717, 1.165) is 6.07 Å². The highest BCUT2D eigenvalue weighted by Crippen LogP contribution is 2.27. The molecule has 0 saturated carbocycles. The lowest BCUT2D eigenvalue weighted by Crippen LogP contribution is -2.36. The van der Waals surface area contributed by atoms with Gasteiger partial charge in [0.1, 0.15) is 0 Å². The van der Waals surface area contributed by atoms with Crippen LogP contribution in [0.1, 0.15) is 35.9 Å². The fraction of sp³-hybridized carbons (Fsp3) is 0.300. The van der Waals surface area contributed by atoms with E-state index in [1.807, 2.05) is 13.8 Å². The second-order valence-electron chi connectivity index (χ2n) is 5.94. The Balaban J connectivity index is 2.41. The van der Waals surface area contributed by atoms with Gasteiger partial charge in [-0.15, -0.1) is 0 Å². The van der Waals surface area contributed by atoms with Crippen molar-refractivity contribution >= 4 is 23.3 Å². The quantitative estimate of drug-likeness (QED) is 0.424. The molecule has 0 bridgehead atoms. The van der Waals surface area contributed by atoms with Crippen LogP contribution in [0.25, 0.3) is 0 Å². The lowest BCUT2D eigenvalue weighted by Gasteiger charge is -2.25. The third kappa shape index (κ3) is 4.64. The zero-order valence-electron chi connectivity index (χ0n) is 16.0. The Kier molecular flexibility index (Phi) is 7.08. The van der Waals surface area contributed by atoms with Crippen LogP contribution in [0.5, 0.6) is 0 Å². The maximum atomic E-state index is 12.9. The molecule has 0 heterocycles. The molecule has 0 radical (unpaired) electrons. The first-order chi connectivity index (χ1) is 13.4. The molecule has 0 unspecified atom stereocenters. The second-order valence-corrected chi connectivity index (χ2v) is 5.94. The van der Waals surface area contributed by atoms with Crippen molar-refractivity contribution in [3.05, 3.63) is 69.8 Å². The average molecular weight is 385 g/mol. The molecule has 148 valence electrons. The molecular weight excluding hydrogens is 362 g/mol. The molecule has 2 aromatic carbocycles. The monoisotopic (exact) mass is 385 g/mol. The van der Waals surface area contributed by atoms with E-state index in [4.69, 9.17) is 4.74 Å². The Labute approximate surface area is 163 Å². The van der Waals surface area contributed by atoms with Crippen LogP contribution in [-0.2, 0) is 9.53 Å². The molecule has 1 atom stereocenters. The van der Waals surface area contributed by atoms with E-state index in [2.05, 4.69) is 5.32 Å². The minimum Gasteiger partial charge on any atom is -0.444 e. The number of nitro groups is 1. The number of anilines is 1. The first kappa shape index (κ1) is 20.9. The number of benzene rings is 2. The first-order valence-corrected chi connectivity index (χ1v) is 8.93. The van der Waals surface area contributed by atoms with Gasteiger partial charge in [-0.3, -0.25) is 14.9 Å². The summed E-state index contributed by atoms with van der Waals surface area (Å²) in [6, 6.07) is 12.5. The smallest absolute Gasteiger partial charge is 0.341 e. The zero-order valence-corrected chi connectivity index (χ0v) is 16.0. The number of ether oxygens (including phenoxy) is 1. The van der Waals surface area contributed by atoms with Crippen molar-refractivity contribution in [3.63, 3.8) is 0 Å². The number of esters is 1. The fourth-order valence-corrected chi connectivity index (χ4v) is 2.79. The average Bonchev–Trinajstić information content (AvgIpc) is 2.72. The normalized spacial score (nSPS) is 11.4. The SMILES string of the molecule is CCN(CC)C(=O)[C@@H](OC(=O)c1cc([N+](=O)[O-])ccc1NC)c1ccccc1. The van der Waals surface area contributed by atoms with Crippen molar-refractivity contribution in [1.29, 1.82) is 0 Å². The summed E-state index contributed by atoms with van der Waals surface area (Å²) in [7, 11) is 1.59. The number of hydrogen-bond acceptors (Lipinski definition) is 6. The predicted octanol–water partition coefficient (Wildman–Crippen LogP) is 3.40. The molecular formula is C20H23N3O5. The number of nitrogens with one attached hydrogen (secondary N) is 1. The number of likely N-dealkylation sites (N-methyl/N-ethyl adjacent to an activating group) is 1. The zero-order chi connectivity index (χ0) is 20.7. The van der Waals surface area contributed by atoms with Gasteiger partial charge in [-0.25, -0.2) is 4.79 Å². The molecule has 0 saturated heterocycles. The van der Waals surface area contributed by atoms with Crippen LogP contribution < -0.4 is 5.32 Å². The third-order valence-corrected chi connectivity index (χ3v) is 4.33. The Morgan fingerprint density at radius 1 is 1.14 bits per heavy atom. The predicted molar refractivity (Wildman–Crippen MR) is 105 cm³/mol. The number of amides is 1. The number of carbonyl (C=O) groups excluding carboxylic acids is 2. The number of non-ortho nitro benzene ring substituents is 1. The van der Waals surface area contributed by atoms with Crippen molar-refractivity contribution in [1.82, 2.24) is 4.90 Å². The van der Waals surface area contributed by atoms with E-state index in [9.17, 15) is 19.7 Å². The maximum absolute atomic E-state index is 12.9. The van der Waals surface area contributed by atoms with Crippen molar-refractivity contribution < 1.29 is 19.2 Å². The highest BCUT2D eigenvalue weighted by Gasteiger charge is 2.30. The van der Waals surface area contributed by atoms with Crippen LogP contribution in [0.15, 0.2) is 48.5 Å². The largest absolute Gasteiger partial charge is 0.444 e. The summed E-state index contributed by atoms with van der Waals surface area (Å²) in [5.41, 5.74) is 0.657. The fourth-order valence-electron chi connectivity index (χ4n) is 2.79. The molecule has 0 fully saturated rings. The minimum absolute atomic E-state index is 0.00928. The number of carbonyl (C=O) groups is 2. The van der Waals surface area contributed by atoms with Gasteiger partial charge in [0.2, 0.25) is 6.10 Å². The summed E-state index contributed by atoms with van der Waals surface area (Å²) >= 11 is 0. The van der Waals surface area contributed by atoms with Crippen LogP contribution in [-0.4, -0.2) is 41.8 Å². The van der Waals surface area contributed by atoms with Crippen LogP contribution >= 0.6 is 0 Å². The topological polar surface area (TPSA) is 102 Å². The summed E-state index contributed by atoms with van der Waals surface area (Å²) in [4.78, 5) is 37.8. The van der Waals surface area contributed by atoms with Gasteiger partial charge < -0.3 is 15.0 Å². The van der Waals surface area contributed by atoms with E-state index in [1.165, 1.54) is 12.1 Å². The summed E-state index contributed by atoms with van der Waals surface area (Å²) in [6.07, 6.45) is -1.14. The number of rotatable bonds is 8. The first-order valence-electron chi connectivity index (χ1n) is 8.93. The molecule has 0 aliphatic heterocycles. The summed E-state index contributed by atoms with van der Waals surface area (Å²) < 4.78 is 5.55. The Hall–Kier alpha value is -3.42. The van der Waals surface area contributed by atoms with Gasteiger partial charge >= 0.3 is 5.97 Å². The molecule has 0 aliphatic carbocycles. The van der Waals surface area contributed by atoms with Gasteiger partial charge in [0.25, 0.3) is 11.6 Å².